The first kappa shape index (κ1) is 21.5. The van der Waals surface area contributed by atoms with Crippen molar-refractivity contribution in [3.05, 3.63) is 101 Å². The Morgan fingerprint density at radius 2 is 1.86 bits per heavy atom. The number of aryl methyl sites for hydroxylation is 1. The molecule has 1 unspecified atom stereocenters. The molecule has 6 rings (SSSR count). The third-order valence-electron chi connectivity index (χ3n) is 6.20. The van der Waals surface area contributed by atoms with Gasteiger partial charge in [-0.05, 0) is 31.2 Å². The number of ether oxygens (including phenoxy) is 1. The number of para-hydroxylation sites is 2. The van der Waals surface area contributed by atoms with Gasteiger partial charge in [0.2, 0.25) is 11.0 Å². The fourth-order valence-electron chi connectivity index (χ4n) is 4.57. The topological polar surface area (TPSA) is 69.0 Å². The second-order valence-corrected chi connectivity index (χ2v) is 9.46. The zero-order valence-corrected chi connectivity index (χ0v) is 19.7. The lowest BCUT2D eigenvalue weighted by Crippen LogP contribution is -2.25. The molecule has 0 saturated heterocycles. The van der Waals surface area contributed by atoms with Gasteiger partial charge in [0.05, 0.1) is 15.9 Å². The number of hydrogen-bond acceptors (Lipinski definition) is 5. The Kier molecular flexibility index (Phi) is 5.30. The van der Waals surface area contributed by atoms with E-state index < -0.39 is 0 Å². The first-order valence-corrected chi connectivity index (χ1v) is 12.1. The van der Waals surface area contributed by atoms with Crippen LogP contribution in [0.15, 0.2) is 72.8 Å². The van der Waals surface area contributed by atoms with Crippen LogP contribution in [0.3, 0.4) is 0 Å². The molecule has 1 aliphatic heterocycles. The second kappa shape index (κ2) is 8.63. The third-order valence-corrected chi connectivity index (χ3v) is 7.21. The number of halogens is 1. The molecule has 1 aliphatic rings. The number of carbonyl (C=O) groups is 1. The fourth-order valence-corrected chi connectivity index (χ4v) is 5.50. The van der Waals surface area contributed by atoms with Crippen LogP contribution in [0.25, 0.3) is 15.3 Å². The number of carbonyl (C=O) groups excluding carboxylic acids is 1. The minimum absolute atomic E-state index is 0.0966. The maximum atomic E-state index is 14.1. The molecular formula is C27H21FN4O2S. The van der Waals surface area contributed by atoms with Gasteiger partial charge in [0.1, 0.15) is 24.0 Å². The highest BCUT2D eigenvalue weighted by molar-refractivity contribution is 7.20. The summed E-state index contributed by atoms with van der Waals surface area (Å²) in [7, 11) is 0. The van der Waals surface area contributed by atoms with Crippen molar-refractivity contribution in [2.75, 3.05) is 5.32 Å². The van der Waals surface area contributed by atoms with E-state index in [0.717, 1.165) is 27.0 Å². The van der Waals surface area contributed by atoms with E-state index in [9.17, 15) is 9.18 Å². The molecule has 35 heavy (non-hydrogen) atoms. The first-order chi connectivity index (χ1) is 17.1. The van der Waals surface area contributed by atoms with Crippen LogP contribution in [0.2, 0.25) is 0 Å². The quantitative estimate of drug-likeness (QED) is 0.333. The highest BCUT2D eigenvalue weighted by atomic mass is 32.1. The molecule has 0 spiro atoms. The summed E-state index contributed by atoms with van der Waals surface area (Å²) in [4.78, 5) is 17.6. The van der Waals surface area contributed by atoms with Gasteiger partial charge in [0.15, 0.2) is 0 Å². The summed E-state index contributed by atoms with van der Waals surface area (Å²) in [6.45, 7) is 2.04. The van der Waals surface area contributed by atoms with E-state index in [-0.39, 0.29) is 30.7 Å². The van der Waals surface area contributed by atoms with Crippen molar-refractivity contribution >= 4 is 33.3 Å². The Hall–Kier alpha value is -4.04. The molecule has 0 aliphatic carbocycles. The molecule has 1 atom stereocenters. The molecule has 0 radical (unpaired) electrons. The van der Waals surface area contributed by atoms with Gasteiger partial charge in [-0.15, -0.1) is 0 Å². The van der Waals surface area contributed by atoms with Crippen LogP contribution >= 0.6 is 11.3 Å². The van der Waals surface area contributed by atoms with E-state index in [1.807, 2.05) is 55.5 Å². The number of amides is 1. The van der Waals surface area contributed by atoms with Crippen molar-refractivity contribution in [2.24, 2.45) is 0 Å². The molecule has 1 N–H and O–H groups in total. The van der Waals surface area contributed by atoms with Crippen molar-refractivity contribution in [3.63, 3.8) is 0 Å². The summed E-state index contributed by atoms with van der Waals surface area (Å²) in [5.41, 5.74) is 3.98. The average Bonchev–Trinajstić information content (AvgIpc) is 3.44. The van der Waals surface area contributed by atoms with Crippen LogP contribution in [0.4, 0.5) is 10.2 Å². The predicted molar refractivity (Wildman–Crippen MR) is 134 cm³/mol. The average molecular weight is 485 g/mol. The Balaban J connectivity index is 1.40. The molecule has 6 nitrogen and oxygen atoms in total. The van der Waals surface area contributed by atoms with E-state index in [1.54, 1.807) is 22.9 Å². The molecule has 5 aromatic rings. The number of thiazole rings is 1. The molecular weight excluding hydrogens is 463 g/mol. The minimum Gasteiger partial charge on any atom is -0.488 e. The van der Waals surface area contributed by atoms with Gasteiger partial charge < -0.3 is 10.1 Å². The Bertz CT molecular complexity index is 1540. The number of benzene rings is 3. The molecule has 3 heterocycles. The van der Waals surface area contributed by atoms with Gasteiger partial charge in [0, 0.05) is 29.0 Å². The smallest absolute Gasteiger partial charge is 0.226 e. The largest absolute Gasteiger partial charge is 0.488 e. The van der Waals surface area contributed by atoms with Gasteiger partial charge in [-0.2, -0.15) is 9.78 Å². The summed E-state index contributed by atoms with van der Waals surface area (Å²) in [5.74, 6) is 0.588. The number of hydrogen-bond donors (Lipinski definition) is 1. The van der Waals surface area contributed by atoms with Crippen molar-refractivity contribution in [2.45, 2.75) is 25.9 Å². The molecule has 3 aromatic carbocycles. The van der Waals surface area contributed by atoms with Gasteiger partial charge in [-0.25, -0.2) is 9.37 Å². The molecule has 0 saturated carbocycles. The lowest BCUT2D eigenvalue weighted by Gasteiger charge is -2.25. The molecule has 8 heteroatoms. The van der Waals surface area contributed by atoms with Gasteiger partial charge in [-0.1, -0.05) is 59.9 Å². The second-order valence-electron chi connectivity index (χ2n) is 8.45. The predicted octanol–water partition coefficient (Wildman–Crippen LogP) is 5.98. The van der Waals surface area contributed by atoms with Gasteiger partial charge >= 0.3 is 0 Å². The van der Waals surface area contributed by atoms with Gasteiger partial charge in [-0.3, -0.25) is 4.79 Å². The standard InChI is InChI=1S/C27H21FN4O2S/c1-16-25-19(18-9-3-6-12-22(18)34-15-17-8-2-4-10-20(17)28)14-24(33)30-26(25)32(31-16)27-29-21-11-5-7-13-23(21)35-27/h2-13,19H,14-15H2,1H3,(H,30,33). The number of nitrogens with one attached hydrogen (secondary N) is 1. The lowest BCUT2D eigenvalue weighted by atomic mass is 9.85. The van der Waals surface area contributed by atoms with E-state index in [0.29, 0.717) is 22.3 Å². The van der Waals surface area contributed by atoms with Crippen LogP contribution < -0.4 is 10.1 Å². The Labute approximate surface area is 205 Å². The zero-order valence-electron chi connectivity index (χ0n) is 18.9. The van der Waals surface area contributed by atoms with Crippen LogP contribution in [-0.2, 0) is 11.4 Å². The van der Waals surface area contributed by atoms with Crippen LogP contribution in [-0.4, -0.2) is 20.7 Å². The number of nitrogens with zero attached hydrogens (tertiary/aromatic N) is 3. The summed E-state index contributed by atoms with van der Waals surface area (Å²) in [6.07, 6.45) is 0.263. The van der Waals surface area contributed by atoms with E-state index in [1.165, 1.54) is 17.4 Å². The van der Waals surface area contributed by atoms with E-state index >= 15 is 0 Å². The molecule has 174 valence electrons. The Morgan fingerprint density at radius 3 is 2.71 bits per heavy atom. The van der Waals surface area contributed by atoms with Crippen molar-refractivity contribution in [1.29, 1.82) is 0 Å². The monoisotopic (exact) mass is 484 g/mol. The number of aromatic nitrogens is 3. The molecule has 0 bridgehead atoms. The maximum Gasteiger partial charge on any atom is 0.226 e. The SMILES string of the molecule is Cc1nn(-c2nc3ccccc3s2)c2c1C(c1ccccc1OCc1ccccc1F)CC(=O)N2. The highest BCUT2D eigenvalue weighted by Gasteiger charge is 2.34. The summed E-state index contributed by atoms with van der Waals surface area (Å²) < 4.78 is 23.0. The number of rotatable bonds is 5. The maximum absolute atomic E-state index is 14.1. The van der Waals surface area contributed by atoms with Crippen molar-refractivity contribution < 1.29 is 13.9 Å². The molecule has 2 aromatic heterocycles. The van der Waals surface area contributed by atoms with Crippen LogP contribution in [0.1, 0.15) is 34.7 Å². The van der Waals surface area contributed by atoms with Crippen molar-refractivity contribution in [3.8, 4) is 10.9 Å². The fraction of sp³-hybridized carbons (Fsp3) is 0.148. The third kappa shape index (κ3) is 3.85. The van der Waals surface area contributed by atoms with Crippen molar-refractivity contribution in [1.82, 2.24) is 14.8 Å². The van der Waals surface area contributed by atoms with E-state index in [4.69, 9.17) is 14.8 Å². The Morgan fingerprint density at radius 1 is 1.09 bits per heavy atom. The van der Waals surface area contributed by atoms with Crippen LogP contribution in [0, 0.1) is 12.7 Å². The number of fused-ring (bicyclic) bond motifs is 2. The number of anilines is 1. The van der Waals surface area contributed by atoms with Crippen LogP contribution in [0.5, 0.6) is 5.75 Å². The summed E-state index contributed by atoms with van der Waals surface area (Å²) in [6, 6.07) is 22.1. The first-order valence-electron chi connectivity index (χ1n) is 11.3. The lowest BCUT2D eigenvalue weighted by molar-refractivity contribution is -0.116. The zero-order chi connectivity index (χ0) is 23.9. The summed E-state index contributed by atoms with van der Waals surface area (Å²) >= 11 is 1.52. The minimum atomic E-state index is -0.308. The molecule has 1 amide bonds. The van der Waals surface area contributed by atoms with E-state index in [2.05, 4.69) is 5.32 Å². The summed E-state index contributed by atoms with van der Waals surface area (Å²) in [5, 5.41) is 8.47. The van der Waals surface area contributed by atoms with Gasteiger partial charge in [0.25, 0.3) is 0 Å². The highest BCUT2D eigenvalue weighted by Crippen LogP contribution is 2.43. The normalized spacial score (nSPS) is 15.1. The molecule has 0 fully saturated rings.